The van der Waals surface area contributed by atoms with Crippen molar-refractivity contribution >= 4 is 11.7 Å². The number of ether oxygens (including phenoxy) is 1. The number of hydrogen-bond acceptors (Lipinski definition) is 6. The molecule has 1 aromatic rings. The van der Waals surface area contributed by atoms with Crippen molar-refractivity contribution in [3.63, 3.8) is 0 Å². The summed E-state index contributed by atoms with van der Waals surface area (Å²) in [4.78, 5) is 19.4. The fourth-order valence-electron chi connectivity index (χ4n) is 1.17. The first-order valence-corrected chi connectivity index (χ1v) is 5.78. The van der Waals surface area contributed by atoms with E-state index in [0.717, 1.165) is 0 Å². The Kier molecular flexibility index (Phi) is 6.03. The summed E-state index contributed by atoms with van der Waals surface area (Å²) in [6.07, 6.45) is 2.75. The van der Waals surface area contributed by atoms with E-state index in [0.29, 0.717) is 31.5 Å². The molecule has 7 heteroatoms. The standard InChI is InChI=1S/C11H19N5O2/c1-8(2)7-18-4-3-13-11(17)9-5-15-10(16-12)6-14-9/h5-6,8H,3-4,7,12H2,1-2H3,(H,13,17)(H,15,16). The first-order valence-electron chi connectivity index (χ1n) is 5.78. The smallest absolute Gasteiger partial charge is 0.271 e. The van der Waals surface area contributed by atoms with Crippen LogP contribution in [0.25, 0.3) is 0 Å². The zero-order chi connectivity index (χ0) is 13.4. The molecule has 0 aliphatic heterocycles. The van der Waals surface area contributed by atoms with Gasteiger partial charge < -0.3 is 15.5 Å². The largest absolute Gasteiger partial charge is 0.379 e. The molecule has 4 N–H and O–H groups in total. The van der Waals surface area contributed by atoms with Crippen LogP contribution in [-0.2, 0) is 4.74 Å². The van der Waals surface area contributed by atoms with E-state index in [-0.39, 0.29) is 11.6 Å². The number of anilines is 1. The molecular weight excluding hydrogens is 234 g/mol. The molecule has 0 atom stereocenters. The van der Waals surface area contributed by atoms with Crippen molar-refractivity contribution in [1.82, 2.24) is 15.3 Å². The van der Waals surface area contributed by atoms with Crippen LogP contribution in [0.3, 0.4) is 0 Å². The van der Waals surface area contributed by atoms with Gasteiger partial charge in [-0.25, -0.2) is 15.8 Å². The third-order valence-electron chi connectivity index (χ3n) is 2.02. The van der Waals surface area contributed by atoms with Gasteiger partial charge in [0.05, 0.1) is 19.0 Å². The van der Waals surface area contributed by atoms with E-state index >= 15 is 0 Å². The number of carbonyl (C=O) groups is 1. The summed E-state index contributed by atoms with van der Waals surface area (Å²) >= 11 is 0. The highest BCUT2D eigenvalue weighted by Crippen LogP contribution is 1.98. The first kappa shape index (κ1) is 14.3. The van der Waals surface area contributed by atoms with Gasteiger partial charge in [0.1, 0.15) is 5.69 Å². The monoisotopic (exact) mass is 253 g/mol. The molecule has 0 aliphatic carbocycles. The van der Waals surface area contributed by atoms with Crippen molar-refractivity contribution in [3.8, 4) is 0 Å². The summed E-state index contributed by atoms with van der Waals surface area (Å²) in [5, 5.41) is 2.69. The van der Waals surface area contributed by atoms with Gasteiger partial charge >= 0.3 is 0 Å². The van der Waals surface area contributed by atoms with Gasteiger partial charge in [-0.2, -0.15) is 0 Å². The second kappa shape index (κ2) is 7.57. The Balaban J connectivity index is 2.27. The lowest BCUT2D eigenvalue weighted by molar-refractivity contribution is 0.0882. The molecule has 0 spiro atoms. The Hall–Kier alpha value is -1.73. The second-order valence-corrected chi connectivity index (χ2v) is 4.16. The van der Waals surface area contributed by atoms with Crippen LogP contribution >= 0.6 is 0 Å². The minimum absolute atomic E-state index is 0.248. The van der Waals surface area contributed by atoms with Crippen LogP contribution in [-0.4, -0.2) is 35.6 Å². The summed E-state index contributed by atoms with van der Waals surface area (Å²) in [7, 11) is 0. The lowest BCUT2D eigenvalue weighted by Gasteiger charge is -2.07. The highest BCUT2D eigenvalue weighted by Gasteiger charge is 2.06. The van der Waals surface area contributed by atoms with Crippen LogP contribution < -0.4 is 16.6 Å². The molecule has 0 fully saturated rings. The molecule has 0 aliphatic rings. The molecule has 1 heterocycles. The van der Waals surface area contributed by atoms with E-state index in [1.54, 1.807) is 0 Å². The van der Waals surface area contributed by atoms with E-state index in [1.165, 1.54) is 12.4 Å². The van der Waals surface area contributed by atoms with Crippen molar-refractivity contribution in [2.45, 2.75) is 13.8 Å². The second-order valence-electron chi connectivity index (χ2n) is 4.16. The predicted octanol–water partition coefficient (Wildman–Crippen LogP) is 0.165. The van der Waals surface area contributed by atoms with Gasteiger partial charge in [-0.1, -0.05) is 13.8 Å². The van der Waals surface area contributed by atoms with Crippen LogP contribution in [0.2, 0.25) is 0 Å². The number of carbonyl (C=O) groups excluding carboxylic acids is 1. The van der Waals surface area contributed by atoms with Crippen LogP contribution in [0, 0.1) is 5.92 Å². The van der Waals surface area contributed by atoms with E-state index in [2.05, 4.69) is 34.6 Å². The maximum atomic E-state index is 11.6. The van der Waals surface area contributed by atoms with Crippen LogP contribution in [0.1, 0.15) is 24.3 Å². The molecule has 0 saturated carbocycles. The number of hydrazine groups is 1. The van der Waals surface area contributed by atoms with Crippen molar-refractivity contribution in [1.29, 1.82) is 0 Å². The third-order valence-corrected chi connectivity index (χ3v) is 2.02. The molecule has 1 rings (SSSR count). The number of amides is 1. The lowest BCUT2D eigenvalue weighted by Crippen LogP contribution is -2.28. The van der Waals surface area contributed by atoms with Gasteiger partial charge in [0, 0.05) is 13.2 Å². The average molecular weight is 253 g/mol. The van der Waals surface area contributed by atoms with Gasteiger partial charge in [0.2, 0.25) is 0 Å². The van der Waals surface area contributed by atoms with Crippen molar-refractivity contribution in [2.75, 3.05) is 25.2 Å². The number of nitrogen functional groups attached to an aromatic ring is 1. The molecule has 1 aromatic heterocycles. The number of hydrogen-bond donors (Lipinski definition) is 3. The SMILES string of the molecule is CC(C)COCCNC(=O)c1cnc(NN)cn1. The van der Waals surface area contributed by atoms with Crippen LogP contribution in [0.15, 0.2) is 12.4 Å². The summed E-state index contributed by atoms with van der Waals surface area (Å²) in [5.41, 5.74) is 2.59. The molecule has 0 aromatic carbocycles. The minimum Gasteiger partial charge on any atom is -0.379 e. The third kappa shape index (κ3) is 5.07. The molecule has 0 saturated heterocycles. The zero-order valence-electron chi connectivity index (χ0n) is 10.6. The molecular formula is C11H19N5O2. The molecule has 1 amide bonds. The summed E-state index contributed by atoms with van der Waals surface area (Å²) < 4.78 is 5.34. The molecule has 0 unspecified atom stereocenters. The van der Waals surface area contributed by atoms with Gasteiger partial charge in [-0.05, 0) is 5.92 Å². The Morgan fingerprint density at radius 2 is 2.22 bits per heavy atom. The number of aromatic nitrogens is 2. The Labute approximate surface area is 106 Å². The summed E-state index contributed by atoms with van der Waals surface area (Å²) in [6, 6.07) is 0. The molecule has 18 heavy (non-hydrogen) atoms. The number of nitrogens with two attached hydrogens (primary N) is 1. The van der Waals surface area contributed by atoms with Crippen molar-refractivity contribution in [3.05, 3.63) is 18.1 Å². The van der Waals surface area contributed by atoms with Crippen LogP contribution in [0.5, 0.6) is 0 Å². The van der Waals surface area contributed by atoms with Gasteiger partial charge in [0.25, 0.3) is 5.91 Å². The average Bonchev–Trinajstić information content (AvgIpc) is 2.38. The maximum Gasteiger partial charge on any atom is 0.271 e. The molecule has 0 bridgehead atoms. The quantitative estimate of drug-likeness (QED) is 0.363. The topological polar surface area (TPSA) is 102 Å². The number of nitrogens with zero attached hydrogens (tertiary/aromatic N) is 2. The van der Waals surface area contributed by atoms with Gasteiger partial charge in [-0.15, -0.1) is 0 Å². The van der Waals surface area contributed by atoms with E-state index < -0.39 is 0 Å². The van der Waals surface area contributed by atoms with E-state index in [1.807, 2.05) is 0 Å². The number of nitrogens with one attached hydrogen (secondary N) is 2. The highest BCUT2D eigenvalue weighted by atomic mass is 16.5. The predicted molar refractivity (Wildman–Crippen MR) is 67.8 cm³/mol. The fraction of sp³-hybridized carbons (Fsp3) is 0.545. The fourth-order valence-corrected chi connectivity index (χ4v) is 1.17. The Morgan fingerprint density at radius 1 is 1.44 bits per heavy atom. The number of rotatable bonds is 7. The van der Waals surface area contributed by atoms with Gasteiger partial charge in [-0.3, -0.25) is 4.79 Å². The molecule has 0 radical (unpaired) electrons. The summed E-state index contributed by atoms with van der Waals surface area (Å²) in [6.45, 7) is 5.76. The Morgan fingerprint density at radius 3 is 2.78 bits per heavy atom. The molecule has 7 nitrogen and oxygen atoms in total. The van der Waals surface area contributed by atoms with E-state index in [4.69, 9.17) is 10.6 Å². The first-order chi connectivity index (χ1) is 8.63. The lowest BCUT2D eigenvalue weighted by atomic mass is 10.2. The van der Waals surface area contributed by atoms with Crippen LogP contribution in [0.4, 0.5) is 5.82 Å². The van der Waals surface area contributed by atoms with E-state index in [9.17, 15) is 4.79 Å². The molecule has 100 valence electrons. The van der Waals surface area contributed by atoms with Crippen molar-refractivity contribution in [2.24, 2.45) is 11.8 Å². The normalized spacial score (nSPS) is 10.4. The zero-order valence-corrected chi connectivity index (χ0v) is 10.6. The highest BCUT2D eigenvalue weighted by molar-refractivity contribution is 5.91. The van der Waals surface area contributed by atoms with Gasteiger partial charge in [0.15, 0.2) is 5.82 Å². The minimum atomic E-state index is -0.279. The maximum absolute atomic E-state index is 11.6. The van der Waals surface area contributed by atoms with Crippen molar-refractivity contribution < 1.29 is 9.53 Å². The Bertz CT molecular complexity index is 366. The summed E-state index contributed by atoms with van der Waals surface area (Å²) in [5.74, 6) is 5.76.